The molecule has 0 aliphatic carbocycles. The van der Waals surface area contributed by atoms with E-state index in [1.807, 2.05) is 60.7 Å². The van der Waals surface area contributed by atoms with E-state index in [9.17, 15) is 19.5 Å². The van der Waals surface area contributed by atoms with Gasteiger partial charge < -0.3 is 24.7 Å². The van der Waals surface area contributed by atoms with Crippen molar-refractivity contribution < 1.29 is 33.8 Å². The molecule has 1 aromatic heterocycles. The molecule has 2 atom stereocenters. The smallest absolute Gasteiger partial charge is 0.360 e. The van der Waals surface area contributed by atoms with E-state index in [1.165, 1.54) is 17.7 Å². The summed E-state index contributed by atoms with van der Waals surface area (Å²) in [6.45, 7) is 0.292. The number of ketones is 1. The maximum atomic E-state index is 12.8. The molecule has 4 rings (SSSR count). The van der Waals surface area contributed by atoms with Crippen LogP contribution in [0.3, 0.4) is 0 Å². The molecular formula is C26H22N4O7S. The number of carboxylic acids is 1. The zero-order valence-corrected chi connectivity index (χ0v) is 20.6. The Morgan fingerprint density at radius 1 is 1.11 bits per heavy atom. The van der Waals surface area contributed by atoms with Crippen molar-refractivity contribution in [2.24, 2.45) is 10.1 Å². The molecule has 2 unspecified atom stereocenters. The number of hydrogen-bond acceptors (Lipinski definition) is 10. The summed E-state index contributed by atoms with van der Waals surface area (Å²) in [6.07, 6.45) is 0.765. The van der Waals surface area contributed by atoms with Crippen LogP contribution in [0.15, 0.2) is 88.0 Å². The minimum atomic E-state index is -1.42. The number of carboxylic acid groups (broad SMARTS) is 1. The quantitative estimate of drug-likeness (QED) is 0.147. The van der Waals surface area contributed by atoms with Crippen LogP contribution in [0.1, 0.15) is 16.8 Å². The van der Waals surface area contributed by atoms with Gasteiger partial charge in [0.15, 0.2) is 17.0 Å². The largest absolute Gasteiger partial charge is 0.476 e. The number of rotatable bonds is 13. The summed E-state index contributed by atoms with van der Waals surface area (Å²) in [7, 11) is 0. The predicted molar refractivity (Wildman–Crippen MR) is 139 cm³/mol. The topological polar surface area (TPSA) is 149 Å². The average molecular weight is 535 g/mol. The maximum Gasteiger partial charge on any atom is 0.360 e. The van der Waals surface area contributed by atoms with E-state index in [-0.39, 0.29) is 35.5 Å². The molecule has 12 heteroatoms. The normalized spacial score (nSPS) is 16.0. The first-order valence-electron chi connectivity index (χ1n) is 11.3. The van der Waals surface area contributed by atoms with Crippen LogP contribution in [0, 0.1) is 0 Å². The van der Waals surface area contributed by atoms with Crippen LogP contribution in [0.25, 0.3) is 0 Å². The Morgan fingerprint density at radius 2 is 1.79 bits per heavy atom. The van der Waals surface area contributed by atoms with Gasteiger partial charge >= 0.3 is 5.97 Å². The minimum absolute atomic E-state index is 0.0276. The molecule has 0 saturated heterocycles. The van der Waals surface area contributed by atoms with E-state index < -0.39 is 24.1 Å². The fourth-order valence-electron chi connectivity index (χ4n) is 3.22. The van der Waals surface area contributed by atoms with Gasteiger partial charge in [0, 0.05) is 17.7 Å². The van der Waals surface area contributed by atoms with Crippen molar-refractivity contribution in [3.8, 4) is 0 Å². The van der Waals surface area contributed by atoms with Gasteiger partial charge in [-0.05, 0) is 11.1 Å². The second kappa shape index (κ2) is 13.1. The van der Waals surface area contributed by atoms with E-state index in [1.54, 1.807) is 0 Å². The molecule has 38 heavy (non-hydrogen) atoms. The molecule has 3 aromatic rings. The van der Waals surface area contributed by atoms with Gasteiger partial charge in [0.25, 0.3) is 6.29 Å². The lowest BCUT2D eigenvalue weighted by atomic mass is 10.1. The van der Waals surface area contributed by atoms with Crippen molar-refractivity contribution in [3.63, 3.8) is 0 Å². The Balaban J connectivity index is 1.51. The van der Waals surface area contributed by atoms with Gasteiger partial charge in [0.2, 0.25) is 12.1 Å². The fraction of sp³-hybridized carbons (Fsp3) is 0.154. The predicted octanol–water partition coefficient (Wildman–Crippen LogP) is 3.18. The number of aromatic nitrogens is 1. The lowest BCUT2D eigenvalue weighted by molar-refractivity contribution is -0.134. The second-order valence-electron chi connectivity index (χ2n) is 7.75. The Bertz CT molecular complexity index is 1360. The number of aliphatic carboxylic acids is 1. The summed E-state index contributed by atoms with van der Waals surface area (Å²) < 4.78 is 11.5. The van der Waals surface area contributed by atoms with Gasteiger partial charge in [0.05, 0.1) is 13.2 Å². The highest BCUT2D eigenvalue weighted by atomic mass is 32.1. The van der Waals surface area contributed by atoms with Crippen molar-refractivity contribution in [2.75, 3.05) is 5.32 Å². The lowest BCUT2D eigenvalue weighted by Crippen LogP contribution is -2.30. The number of benzene rings is 2. The summed E-state index contributed by atoms with van der Waals surface area (Å²) in [5, 5.41) is 17.3. The monoisotopic (exact) mass is 534 g/mol. The number of anilines is 1. The van der Waals surface area contributed by atoms with Crippen molar-refractivity contribution in [3.05, 3.63) is 94.6 Å². The third-order valence-electron chi connectivity index (χ3n) is 5.06. The Labute approximate surface area is 221 Å². The molecule has 0 fully saturated rings. The van der Waals surface area contributed by atoms with Crippen LogP contribution < -0.4 is 5.32 Å². The highest BCUT2D eigenvalue weighted by Crippen LogP contribution is 2.20. The van der Waals surface area contributed by atoms with Crippen molar-refractivity contribution in [1.82, 2.24) is 4.98 Å². The number of ether oxygens (including phenoxy) is 2. The minimum Gasteiger partial charge on any atom is -0.476 e. The molecule has 2 aromatic carbocycles. The molecule has 0 radical (unpaired) electrons. The van der Waals surface area contributed by atoms with E-state index in [0.717, 1.165) is 22.5 Å². The number of aliphatic imine (C=N–C) groups is 1. The highest BCUT2D eigenvalue weighted by molar-refractivity contribution is 7.14. The fourth-order valence-corrected chi connectivity index (χ4v) is 3.87. The molecular weight excluding hydrogens is 512 g/mol. The first kappa shape index (κ1) is 26.5. The Hall–Kier alpha value is -4.52. The van der Waals surface area contributed by atoms with Crippen LogP contribution in [0.2, 0.25) is 0 Å². The molecule has 1 amide bonds. The number of amides is 1. The van der Waals surface area contributed by atoms with Crippen LogP contribution in [-0.4, -0.2) is 52.6 Å². The number of nitrogens with one attached hydrogen (secondary N) is 1. The summed E-state index contributed by atoms with van der Waals surface area (Å²) >= 11 is 1.02. The van der Waals surface area contributed by atoms with Crippen molar-refractivity contribution in [1.29, 1.82) is 0 Å². The van der Waals surface area contributed by atoms with Crippen LogP contribution in [0.4, 0.5) is 5.13 Å². The first-order valence-corrected chi connectivity index (χ1v) is 12.2. The third-order valence-corrected chi connectivity index (χ3v) is 5.83. The van der Waals surface area contributed by atoms with Gasteiger partial charge in [-0.15, -0.1) is 11.3 Å². The van der Waals surface area contributed by atoms with Gasteiger partial charge in [-0.25, -0.2) is 9.78 Å². The Kier molecular flexibility index (Phi) is 9.18. The molecule has 2 heterocycles. The maximum absolute atomic E-state index is 12.8. The average Bonchev–Trinajstić information content (AvgIpc) is 3.39. The number of nitrogens with zero attached hydrogens (tertiary/aromatic N) is 3. The molecule has 1 aliphatic heterocycles. The van der Waals surface area contributed by atoms with Crippen LogP contribution in [0.5, 0.6) is 0 Å². The van der Waals surface area contributed by atoms with E-state index in [4.69, 9.17) is 14.3 Å². The number of oxime groups is 1. The molecule has 0 bridgehead atoms. The van der Waals surface area contributed by atoms with Gasteiger partial charge in [-0.1, -0.05) is 65.8 Å². The van der Waals surface area contributed by atoms with E-state index >= 15 is 0 Å². The molecule has 0 spiro atoms. The SMILES string of the molecule is O=CNc1nc(/C(=N/OC(OCc2ccccc2)C2=CC(=O)C(OCc3ccccc3)C=N2)C(=O)O)cs1. The first-order chi connectivity index (χ1) is 18.5. The lowest BCUT2D eigenvalue weighted by Gasteiger charge is -2.20. The van der Waals surface area contributed by atoms with E-state index in [0.29, 0.717) is 6.41 Å². The highest BCUT2D eigenvalue weighted by Gasteiger charge is 2.27. The standard InChI is InChI=1S/C26H22N4O7S/c31-16-28-26-29-20(15-38-26)23(24(33)34)30-37-25(36-14-18-9-5-2-6-10-18)19-11-21(32)22(12-27-19)35-13-17-7-3-1-4-8-17/h1-12,15-16,22,25H,13-14H2,(H,33,34)(H,28,29,31)/b30-23-. The number of hydrogen-bond donors (Lipinski definition) is 2. The molecule has 1 aliphatic rings. The van der Waals surface area contributed by atoms with Gasteiger partial charge in [0.1, 0.15) is 11.4 Å². The Morgan fingerprint density at radius 3 is 2.42 bits per heavy atom. The molecule has 0 saturated carbocycles. The molecule has 194 valence electrons. The van der Waals surface area contributed by atoms with Crippen molar-refractivity contribution in [2.45, 2.75) is 25.6 Å². The zero-order chi connectivity index (χ0) is 26.7. The van der Waals surface area contributed by atoms with Crippen LogP contribution in [-0.2, 0) is 41.9 Å². The number of carbonyl (C=O) groups excluding carboxylic acids is 2. The van der Waals surface area contributed by atoms with Gasteiger partial charge in [-0.3, -0.25) is 14.6 Å². The third kappa shape index (κ3) is 7.26. The van der Waals surface area contributed by atoms with Gasteiger partial charge in [-0.2, -0.15) is 0 Å². The van der Waals surface area contributed by atoms with E-state index in [2.05, 4.69) is 20.4 Å². The summed E-state index contributed by atoms with van der Waals surface area (Å²) in [5.74, 6) is -1.80. The second-order valence-corrected chi connectivity index (χ2v) is 8.60. The molecule has 11 nitrogen and oxygen atoms in total. The summed E-state index contributed by atoms with van der Waals surface area (Å²) in [4.78, 5) is 48.9. The number of thiazole rings is 1. The number of carbonyl (C=O) groups is 3. The van der Waals surface area contributed by atoms with Crippen LogP contribution >= 0.6 is 11.3 Å². The zero-order valence-electron chi connectivity index (χ0n) is 19.8. The summed E-state index contributed by atoms with van der Waals surface area (Å²) in [6, 6.07) is 18.6. The summed E-state index contributed by atoms with van der Waals surface area (Å²) in [5.41, 5.74) is 1.24. The van der Waals surface area contributed by atoms with Crippen molar-refractivity contribution >= 4 is 46.6 Å². The molecule has 2 N–H and O–H groups in total.